The average Bonchev–Trinajstić information content (AvgIpc) is 3.22. The third kappa shape index (κ3) is 7.39. The molecule has 0 unspecified atom stereocenters. The minimum atomic E-state index is -0.0600. The summed E-state index contributed by atoms with van der Waals surface area (Å²) >= 11 is 2.25. The Balaban J connectivity index is 2.17. The van der Waals surface area contributed by atoms with E-state index in [2.05, 4.69) is 30.3 Å². The molecule has 0 amide bonds. The number of carbonyl (C=O) groups excluding carboxylic acids is 1. The lowest BCUT2D eigenvalue weighted by molar-refractivity contribution is -0.140. The van der Waals surface area contributed by atoms with E-state index >= 15 is 0 Å². The zero-order chi connectivity index (χ0) is 16.3. The highest BCUT2D eigenvalue weighted by Crippen LogP contribution is 2.59. The molecule has 0 aromatic heterocycles. The second-order valence-electron chi connectivity index (χ2n) is 6.80. The van der Waals surface area contributed by atoms with Crippen LogP contribution in [0.3, 0.4) is 0 Å². The molecule has 22 heavy (non-hydrogen) atoms. The number of hydrogen-bond donors (Lipinski definition) is 0. The lowest BCUT2D eigenvalue weighted by Gasteiger charge is -2.17. The van der Waals surface area contributed by atoms with Crippen molar-refractivity contribution in [3.8, 4) is 0 Å². The van der Waals surface area contributed by atoms with Gasteiger partial charge in [0.15, 0.2) is 0 Å². The van der Waals surface area contributed by atoms with Crippen LogP contribution in [0.5, 0.6) is 0 Å². The van der Waals surface area contributed by atoms with E-state index in [1.807, 2.05) is 0 Å². The van der Waals surface area contributed by atoms with Crippen LogP contribution >= 0.6 is 11.8 Å². The Morgan fingerprint density at radius 2 is 1.86 bits per heavy atom. The summed E-state index contributed by atoms with van der Waals surface area (Å²) in [5, 5.41) is 0. The molecule has 0 spiro atoms. The summed E-state index contributed by atoms with van der Waals surface area (Å²) in [5.41, 5.74) is 0. The molecule has 0 aromatic rings. The topological polar surface area (TPSA) is 26.3 Å². The molecule has 0 aliphatic heterocycles. The Bertz CT molecular complexity index is 306. The van der Waals surface area contributed by atoms with E-state index in [0.29, 0.717) is 11.2 Å². The summed E-state index contributed by atoms with van der Waals surface area (Å²) in [5.74, 6) is 2.21. The predicted octanol–water partition coefficient (Wildman–Crippen LogP) is 5.98. The van der Waals surface area contributed by atoms with Crippen molar-refractivity contribution in [3.63, 3.8) is 0 Å². The first-order valence-corrected chi connectivity index (χ1v) is 10.4. The van der Waals surface area contributed by atoms with Crippen molar-refractivity contribution in [2.45, 2.75) is 95.6 Å². The average molecular weight is 329 g/mol. The van der Waals surface area contributed by atoms with Crippen molar-refractivity contribution < 1.29 is 9.53 Å². The third-order valence-corrected chi connectivity index (χ3v) is 6.78. The van der Waals surface area contributed by atoms with Crippen LogP contribution in [-0.4, -0.2) is 23.6 Å². The van der Waals surface area contributed by atoms with Crippen LogP contribution < -0.4 is 0 Å². The Morgan fingerprint density at radius 3 is 2.55 bits per heavy atom. The predicted molar refractivity (Wildman–Crippen MR) is 97.4 cm³/mol. The molecule has 0 radical (unpaired) electrons. The van der Waals surface area contributed by atoms with Crippen molar-refractivity contribution in [2.75, 3.05) is 12.9 Å². The summed E-state index contributed by atoms with van der Waals surface area (Å²) in [6, 6.07) is 0. The number of ether oxygens (including phenoxy) is 1. The van der Waals surface area contributed by atoms with Gasteiger partial charge in [-0.25, -0.2) is 0 Å². The van der Waals surface area contributed by atoms with E-state index in [9.17, 15) is 4.79 Å². The summed E-state index contributed by atoms with van der Waals surface area (Å²) < 4.78 is 5.32. The van der Waals surface area contributed by atoms with Crippen LogP contribution in [0.1, 0.15) is 90.9 Å². The maximum atomic E-state index is 11.1. The minimum absolute atomic E-state index is 0.0600. The van der Waals surface area contributed by atoms with E-state index in [0.717, 1.165) is 12.3 Å². The fraction of sp³-hybridized carbons (Fsp3) is 0.947. The Kier molecular flexibility index (Phi) is 10.3. The van der Waals surface area contributed by atoms with Gasteiger partial charge in [-0.1, -0.05) is 52.4 Å². The van der Waals surface area contributed by atoms with Crippen LogP contribution in [0.25, 0.3) is 0 Å². The monoisotopic (exact) mass is 328 g/mol. The third-order valence-electron chi connectivity index (χ3n) is 4.88. The smallest absolute Gasteiger partial charge is 0.305 e. The normalized spacial score (nSPS) is 23.5. The fourth-order valence-corrected chi connectivity index (χ4v) is 4.95. The zero-order valence-corrected chi connectivity index (χ0v) is 15.8. The van der Waals surface area contributed by atoms with Crippen LogP contribution in [0.2, 0.25) is 0 Å². The highest BCUT2D eigenvalue weighted by Gasteiger charge is 2.52. The molecule has 0 aromatic carbocycles. The van der Waals surface area contributed by atoms with Gasteiger partial charge in [0.25, 0.3) is 0 Å². The maximum Gasteiger partial charge on any atom is 0.305 e. The van der Waals surface area contributed by atoms with Gasteiger partial charge < -0.3 is 4.74 Å². The van der Waals surface area contributed by atoms with Crippen LogP contribution in [-0.2, 0) is 9.53 Å². The molecule has 0 N–H and O–H groups in total. The van der Waals surface area contributed by atoms with E-state index in [1.165, 1.54) is 77.1 Å². The van der Waals surface area contributed by atoms with Crippen molar-refractivity contribution >= 4 is 17.7 Å². The largest absolute Gasteiger partial charge is 0.469 e. The maximum absolute atomic E-state index is 11.1. The van der Waals surface area contributed by atoms with E-state index in [-0.39, 0.29) is 5.97 Å². The summed E-state index contributed by atoms with van der Waals surface area (Å²) in [6.45, 7) is 4.58. The standard InChI is InChI=1S/C19H36O2S/c1-4-6-7-11-14-19(22-15-5-2)16-17(19)12-9-8-10-13-18(20)21-3/h17H,4-16H2,1-3H3/t17-,19+/m1/s1. The number of carbonyl (C=O) groups is 1. The number of hydrogen-bond acceptors (Lipinski definition) is 3. The molecule has 1 aliphatic carbocycles. The quantitative estimate of drug-likeness (QED) is 0.290. The number of thioether (sulfide) groups is 1. The van der Waals surface area contributed by atoms with Crippen molar-refractivity contribution in [2.24, 2.45) is 5.92 Å². The first kappa shape index (κ1) is 19.9. The Hall–Kier alpha value is -0.180. The van der Waals surface area contributed by atoms with Crippen LogP contribution in [0.4, 0.5) is 0 Å². The molecular weight excluding hydrogens is 292 g/mol. The van der Waals surface area contributed by atoms with Gasteiger partial charge in [-0.05, 0) is 43.8 Å². The van der Waals surface area contributed by atoms with Gasteiger partial charge in [-0.15, -0.1) is 0 Å². The summed E-state index contributed by atoms with van der Waals surface area (Å²) in [7, 11) is 1.48. The molecule has 3 heteroatoms. The SMILES string of the molecule is CCCCCC[C@]1(SCCC)C[C@H]1CCCCCC(=O)OC. The van der Waals surface area contributed by atoms with Gasteiger partial charge in [0.1, 0.15) is 0 Å². The lowest BCUT2D eigenvalue weighted by atomic mass is 10.0. The van der Waals surface area contributed by atoms with Crippen molar-refractivity contribution in [3.05, 3.63) is 0 Å². The van der Waals surface area contributed by atoms with E-state index in [4.69, 9.17) is 0 Å². The second-order valence-corrected chi connectivity index (χ2v) is 8.31. The Labute approximate surface area is 142 Å². The van der Waals surface area contributed by atoms with Crippen molar-refractivity contribution in [1.82, 2.24) is 0 Å². The molecule has 1 saturated carbocycles. The highest BCUT2D eigenvalue weighted by atomic mass is 32.2. The molecule has 130 valence electrons. The molecular formula is C19H36O2S. The van der Waals surface area contributed by atoms with Gasteiger partial charge in [-0.3, -0.25) is 4.79 Å². The van der Waals surface area contributed by atoms with Gasteiger partial charge in [0.05, 0.1) is 7.11 Å². The first-order valence-electron chi connectivity index (χ1n) is 9.39. The van der Waals surface area contributed by atoms with Gasteiger partial charge in [0.2, 0.25) is 0 Å². The number of unbranched alkanes of at least 4 members (excludes halogenated alkanes) is 5. The molecule has 1 aliphatic rings. The minimum Gasteiger partial charge on any atom is -0.469 e. The number of methoxy groups -OCH3 is 1. The molecule has 0 heterocycles. The fourth-order valence-electron chi connectivity index (χ4n) is 3.37. The lowest BCUT2D eigenvalue weighted by Crippen LogP contribution is -2.08. The van der Waals surface area contributed by atoms with Crippen molar-refractivity contribution in [1.29, 1.82) is 0 Å². The van der Waals surface area contributed by atoms with Crippen LogP contribution in [0.15, 0.2) is 0 Å². The molecule has 0 saturated heterocycles. The zero-order valence-electron chi connectivity index (χ0n) is 15.0. The van der Waals surface area contributed by atoms with Gasteiger partial charge >= 0.3 is 5.97 Å². The van der Waals surface area contributed by atoms with Crippen LogP contribution in [0, 0.1) is 5.92 Å². The van der Waals surface area contributed by atoms with Gasteiger partial charge in [0, 0.05) is 11.2 Å². The van der Waals surface area contributed by atoms with E-state index in [1.54, 1.807) is 0 Å². The first-order chi connectivity index (χ1) is 10.7. The second kappa shape index (κ2) is 11.4. The number of rotatable bonds is 14. The number of esters is 1. The van der Waals surface area contributed by atoms with E-state index < -0.39 is 0 Å². The molecule has 1 fully saturated rings. The summed E-state index contributed by atoms with van der Waals surface area (Å²) in [4.78, 5) is 11.1. The Morgan fingerprint density at radius 1 is 1.09 bits per heavy atom. The highest BCUT2D eigenvalue weighted by molar-refractivity contribution is 8.00. The summed E-state index contributed by atoms with van der Waals surface area (Å²) in [6.07, 6.45) is 15.1. The molecule has 2 nitrogen and oxygen atoms in total. The molecule has 0 bridgehead atoms. The molecule has 2 atom stereocenters. The van der Waals surface area contributed by atoms with Gasteiger partial charge in [-0.2, -0.15) is 11.8 Å². The molecule has 1 rings (SSSR count).